The summed E-state index contributed by atoms with van der Waals surface area (Å²) in [7, 11) is 0. The van der Waals surface area contributed by atoms with Crippen LogP contribution in [0.2, 0.25) is 0 Å². The van der Waals surface area contributed by atoms with E-state index in [1.807, 2.05) is 42.9 Å². The van der Waals surface area contributed by atoms with Gasteiger partial charge in [0.25, 0.3) is 0 Å². The van der Waals surface area contributed by atoms with E-state index >= 15 is 0 Å². The Bertz CT molecular complexity index is 1200. The fourth-order valence-electron chi connectivity index (χ4n) is 4.53. The molecule has 0 amide bonds. The van der Waals surface area contributed by atoms with E-state index in [-0.39, 0.29) is 12.1 Å². The summed E-state index contributed by atoms with van der Waals surface area (Å²) in [5, 5.41) is 4.23. The van der Waals surface area contributed by atoms with Gasteiger partial charge in [0.1, 0.15) is 5.76 Å². The molecular weight excluding hydrogens is 418 g/mol. The molecule has 0 aromatic carbocycles. The monoisotopic (exact) mass is 443 g/mol. The van der Waals surface area contributed by atoms with Crippen molar-refractivity contribution < 1.29 is 4.42 Å². The quantitative estimate of drug-likeness (QED) is 0.436. The predicted molar refractivity (Wildman–Crippen MR) is 127 cm³/mol. The van der Waals surface area contributed by atoms with E-state index in [1.165, 1.54) is 22.5 Å². The Hall–Kier alpha value is -3.45. The van der Waals surface area contributed by atoms with Crippen LogP contribution < -0.4 is 5.32 Å². The van der Waals surface area contributed by atoms with Gasteiger partial charge in [-0.05, 0) is 79.7 Å². The molecule has 1 saturated heterocycles. The van der Waals surface area contributed by atoms with Crippen molar-refractivity contribution >= 4 is 17.3 Å². The summed E-state index contributed by atoms with van der Waals surface area (Å²) in [4.78, 5) is 11.0. The minimum atomic E-state index is -0.0477. The number of nitrogens with one attached hydrogen (secondary N) is 1. The zero-order valence-electron chi connectivity index (χ0n) is 18.1. The summed E-state index contributed by atoms with van der Waals surface area (Å²) >= 11 is 5.79. The maximum Gasteiger partial charge on any atom is 0.170 e. The number of pyridine rings is 2. The van der Waals surface area contributed by atoms with Gasteiger partial charge in [0, 0.05) is 36.5 Å². The third-order valence-corrected chi connectivity index (χ3v) is 6.48. The van der Waals surface area contributed by atoms with E-state index in [2.05, 4.69) is 62.9 Å². The number of furan rings is 1. The molecule has 0 radical (unpaired) electrons. The summed E-state index contributed by atoms with van der Waals surface area (Å²) in [6, 6.07) is 16.3. The Morgan fingerprint density at radius 3 is 2.59 bits per heavy atom. The molecule has 0 unspecified atom stereocenters. The zero-order valence-corrected chi connectivity index (χ0v) is 18.9. The lowest BCUT2D eigenvalue weighted by Crippen LogP contribution is -2.29. The Morgan fingerprint density at radius 2 is 1.88 bits per heavy atom. The van der Waals surface area contributed by atoms with Crippen LogP contribution in [-0.2, 0) is 13.1 Å². The van der Waals surface area contributed by atoms with Crippen molar-refractivity contribution in [2.24, 2.45) is 0 Å². The van der Waals surface area contributed by atoms with E-state index < -0.39 is 0 Å². The molecule has 2 atom stereocenters. The lowest BCUT2D eigenvalue weighted by molar-refractivity contribution is 0.286. The van der Waals surface area contributed by atoms with Gasteiger partial charge in [0.2, 0.25) is 0 Å². The first-order valence-corrected chi connectivity index (χ1v) is 11.1. The SMILES string of the molecule is Cc1cc([C@@H]2[C@@H](c3ccccn3)NC(=S)N2Cc2ccco2)c(C)n1Cc1ccncc1. The molecule has 0 spiro atoms. The van der Waals surface area contributed by atoms with Crippen molar-refractivity contribution in [2.75, 3.05) is 0 Å². The van der Waals surface area contributed by atoms with Crippen LogP contribution in [-0.4, -0.2) is 24.5 Å². The molecule has 1 aliphatic rings. The summed E-state index contributed by atoms with van der Waals surface area (Å²) in [6.07, 6.45) is 7.21. The number of hydrogen-bond acceptors (Lipinski definition) is 4. The van der Waals surface area contributed by atoms with Crippen LogP contribution in [0.5, 0.6) is 0 Å². The van der Waals surface area contributed by atoms with Crippen LogP contribution in [0, 0.1) is 13.8 Å². The number of aromatic nitrogens is 3. The van der Waals surface area contributed by atoms with Crippen LogP contribution in [0.1, 0.15) is 46.1 Å². The van der Waals surface area contributed by atoms with Gasteiger partial charge in [-0.3, -0.25) is 9.97 Å². The molecular formula is C25H25N5OS. The normalized spacial score (nSPS) is 18.2. The van der Waals surface area contributed by atoms with Crippen molar-refractivity contribution in [3.05, 3.63) is 107 Å². The third-order valence-electron chi connectivity index (χ3n) is 6.13. The molecule has 1 N–H and O–H groups in total. The molecule has 5 heterocycles. The van der Waals surface area contributed by atoms with E-state index in [4.69, 9.17) is 16.6 Å². The lowest BCUT2D eigenvalue weighted by atomic mass is 9.96. The van der Waals surface area contributed by atoms with Crippen molar-refractivity contribution in [3.8, 4) is 0 Å². The van der Waals surface area contributed by atoms with Crippen LogP contribution in [0.3, 0.4) is 0 Å². The Labute approximate surface area is 192 Å². The highest BCUT2D eigenvalue weighted by Crippen LogP contribution is 2.41. The standard InChI is InChI=1S/C25H25N5OS/c1-17-14-21(18(2)29(17)15-19-8-11-26-12-9-19)24-23(22-7-3-4-10-27-22)28-25(32)30(24)16-20-6-5-13-31-20/h3-14,23-24H,15-16H2,1-2H3,(H,28,32)/t23-,24-/m1/s1. The minimum Gasteiger partial charge on any atom is -0.467 e. The minimum absolute atomic E-state index is 0.000102. The van der Waals surface area contributed by atoms with Gasteiger partial charge >= 0.3 is 0 Å². The first-order chi connectivity index (χ1) is 15.6. The van der Waals surface area contributed by atoms with Gasteiger partial charge in [0.15, 0.2) is 5.11 Å². The molecule has 7 heteroatoms. The molecule has 4 aromatic heterocycles. The molecule has 5 rings (SSSR count). The van der Waals surface area contributed by atoms with Crippen molar-refractivity contribution in [3.63, 3.8) is 0 Å². The predicted octanol–water partition coefficient (Wildman–Crippen LogP) is 4.71. The Morgan fingerprint density at radius 1 is 1.03 bits per heavy atom. The number of nitrogens with zero attached hydrogens (tertiary/aromatic N) is 4. The molecule has 6 nitrogen and oxygen atoms in total. The van der Waals surface area contributed by atoms with Crippen LogP contribution >= 0.6 is 12.2 Å². The highest BCUT2D eigenvalue weighted by atomic mass is 32.1. The molecule has 1 aliphatic heterocycles. The van der Waals surface area contributed by atoms with Gasteiger partial charge < -0.3 is 19.2 Å². The molecule has 1 fully saturated rings. The van der Waals surface area contributed by atoms with Gasteiger partial charge in [-0.2, -0.15) is 0 Å². The van der Waals surface area contributed by atoms with Crippen LogP contribution in [0.25, 0.3) is 0 Å². The smallest absolute Gasteiger partial charge is 0.170 e. The number of aryl methyl sites for hydroxylation is 1. The van der Waals surface area contributed by atoms with Gasteiger partial charge in [0.05, 0.1) is 30.6 Å². The molecule has 32 heavy (non-hydrogen) atoms. The van der Waals surface area contributed by atoms with Gasteiger partial charge in [-0.25, -0.2) is 0 Å². The van der Waals surface area contributed by atoms with Crippen LogP contribution in [0.4, 0.5) is 0 Å². The fraction of sp³-hybridized carbons (Fsp3) is 0.240. The summed E-state index contributed by atoms with van der Waals surface area (Å²) in [5.41, 5.74) is 5.88. The first-order valence-electron chi connectivity index (χ1n) is 10.7. The van der Waals surface area contributed by atoms with Crippen molar-refractivity contribution in [2.45, 2.75) is 39.0 Å². The Kier molecular flexibility index (Phi) is 5.49. The van der Waals surface area contributed by atoms with Crippen molar-refractivity contribution in [1.82, 2.24) is 24.8 Å². The topological polar surface area (TPSA) is 59.1 Å². The van der Waals surface area contributed by atoms with Crippen molar-refractivity contribution in [1.29, 1.82) is 0 Å². The average molecular weight is 444 g/mol. The van der Waals surface area contributed by atoms with E-state index in [0.717, 1.165) is 18.0 Å². The molecule has 4 aromatic rings. The Balaban J connectivity index is 1.56. The van der Waals surface area contributed by atoms with E-state index in [1.54, 1.807) is 6.26 Å². The zero-order chi connectivity index (χ0) is 22.1. The summed E-state index contributed by atoms with van der Waals surface area (Å²) in [5.74, 6) is 0.881. The average Bonchev–Trinajstić information content (AvgIpc) is 3.51. The highest BCUT2D eigenvalue weighted by Gasteiger charge is 2.41. The number of hydrogen-bond donors (Lipinski definition) is 1. The second-order valence-corrected chi connectivity index (χ2v) is 8.49. The first kappa shape index (κ1) is 20.5. The maximum absolute atomic E-state index is 5.79. The number of thiocarbonyl (C=S) groups is 1. The van der Waals surface area contributed by atoms with E-state index in [0.29, 0.717) is 11.7 Å². The fourth-order valence-corrected chi connectivity index (χ4v) is 4.83. The summed E-state index contributed by atoms with van der Waals surface area (Å²) in [6.45, 7) is 5.74. The largest absolute Gasteiger partial charge is 0.467 e. The molecule has 0 saturated carbocycles. The molecule has 162 valence electrons. The van der Waals surface area contributed by atoms with Gasteiger partial charge in [-0.1, -0.05) is 6.07 Å². The van der Waals surface area contributed by atoms with Gasteiger partial charge in [-0.15, -0.1) is 0 Å². The highest BCUT2D eigenvalue weighted by molar-refractivity contribution is 7.80. The molecule has 0 aliphatic carbocycles. The maximum atomic E-state index is 5.79. The molecule has 0 bridgehead atoms. The second kappa shape index (κ2) is 8.59. The second-order valence-electron chi connectivity index (χ2n) is 8.10. The number of rotatable bonds is 6. The van der Waals surface area contributed by atoms with E-state index in [9.17, 15) is 0 Å². The summed E-state index contributed by atoms with van der Waals surface area (Å²) < 4.78 is 8.01. The third kappa shape index (κ3) is 3.80. The lowest BCUT2D eigenvalue weighted by Gasteiger charge is -2.27. The van der Waals surface area contributed by atoms with Crippen LogP contribution in [0.15, 0.2) is 77.8 Å².